The van der Waals surface area contributed by atoms with Gasteiger partial charge in [-0.05, 0) is 12.5 Å². The van der Waals surface area contributed by atoms with Gasteiger partial charge in [-0.25, -0.2) is 0 Å². The fraction of sp³-hybridized carbons (Fsp3) is 1.00. The van der Waals surface area contributed by atoms with Crippen molar-refractivity contribution in [2.75, 3.05) is 0 Å². The van der Waals surface area contributed by atoms with Gasteiger partial charge >= 0.3 is 0 Å². The molecule has 0 rings (SSSR count). The molecule has 0 aromatic carbocycles. The van der Waals surface area contributed by atoms with Gasteiger partial charge in [0, 0.05) is 8.07 Å². The zero-order chi connectivity index (χ0) is 9.78. The summed E-state index contributed by atoms with van der Waals surface area (Å²) in [5.41, 5.74) is 0. The lowest BCUT2D eigenvalue weighted by atomic mass is 10.1. The van der Waals surface area contributed by atoms with E-state index >= 15 is 0 Å². The van der Waals surface area contributed by atoms with E-state index < -0.39 is 20.3 Å². The molecule has 0 aliphatic carbocycles. The maximum atomic E-state index is 9.57. The molecule has 0 aromatic rings. The molecule has 0 aliphatic rings. The van der Waals surface area contributed by atoms with Gasteiger partial charge in [0.2, 0.25) is 0 Å². The van der Waals surface area contributed by atoms with Crippen molar-refractivity contribution >= 4 is 8.07 Å². The average molecular weight is 190 g/mol. The Labute approximate surface area is 76.6 Å². The first-order chi connectivity index (χ1) is 5.37. The van der Waals surface area contributed by atoms with Crippen molar-refractivity contribution in [3.8, 4) is 0 Å². The fourth-order valence-corrected chi connectivity index (χ4v) is 2.78. The van der Waals surface area contributed by atoms with Crippen molar-refractivity contribution < 1.29 is 10.2 Å². The van der Waals surface area contributed by atoms with E-state index in [1.54, 1.807) is 0 Å². The molecule has 0 aliphatic heterocycles. The zero-order valence-corrected chi connectivity index (χ0v) is 9.67. The van der Waals surface area contributed by atoms with Crippen molar-refractivity contribution in [2.24, 2.45) is 0 Å². The lowest BCUT2D eigenvalue weighted by molar-refractivity contribution is 0.0251. The van der Waals surface area contributed by atoms with E-state index in [1.165, 1.54) is 0 Å². The first kappa shape index (κ1) is 12.1. The Morgan fingerprint density at radius 3 is 1.92 bits per heavy atom. The third-order valence-corrected chi connectivity index (χ3v) is 3.49. The number of rotatable bonds is 5. The number of hydrogen-bond acceptors (Lipinski definition) is 2. The van der Waals surface area contributed by atoms with Crippen LogP contribution in [0.1, 0.15) is 19.8 Å². The predicted molar refractivity (Wildman–Crippen MR) is 55.1 cm³/mol. The molecule has 0 saturated carbocycles. The van der Waals surface area contributed by atoms with Gasteiger partial charge in [-0.2, -0.15) is 0 Å². The van der Waals surface area contributed by atoms with Crippen LogP contribution in [-0.2, 0) is 0 Å². The van der Waals surface area contributed by atoms with E-state index in [4.69, 9.17) is 0 Å². The normalized spacial score (nSPS) is 17.5. The quantitative estimate of drug-likeness (QED) is 0.650. The van der Waals surface area contributed by atoms with Crippen molar-refractivity contribution in [1.29, 1.82) is 0 Å². The van der Waals surface area contributed by atoms with Gasteiger partial charge in [-0.1, -0.05) is 33.0 Å². The summed E-state index contributed by atoms with van der Waals surface area (Å²) in [5.74, 6) is 0. The van der Waals surface area contributed by atoms with E-state index in [0.717, 1.165) is 12.5 Å². The summed E-state index contributed by atoms with van der Waals surface area (Å²) in [6, 6.07) is 0.800. The van der Waals surface area contributed by atoms with Gasteiger partial charge in [0.1, 0.15) is 0 Å². The first-order valence-corrected chi connectivity index (χ1v) is 8.43. The lowest BCUT2D eigenvalue weighted by Crippen LogP contribution is -2.34. The van der Waals surface area contributed by atoms with Crippen LogP contribution in [0.3, 0.4) is 0 Å². The highest BCUT2D eigenvalue weighted by atomic mass is 28.3. The molecule has 0 unspecified atom stereocenters. The van der Waals surface area contributed by atoms with Crippen LogP contribution >= 0.6 is 0 Å². The predicted octanol–water partition coefficient (Wildman–Crippen LogP) is 1.85. The minimum atomic E-state index is -1.22. The molecule has 0 amide bonds. The summed E-state index contributed by atoms with van der Waals surface area (Å²) in [5, 5.41) is 19.0. The monoisotopic (exact) mass is 190 g/mol. The molecule has 0 bridgehead atoms. The summed E-state index contributed by atoms with van der Waals surface area (Å²) in [4.78, 5) is 0. The molecule has 3 heteroatoms. The minimum absolute atomic E-state index is 0.503. The van der Waals surface area contributed by atoms with Gasteiger partial charge in [-0.15, -0.1) is 0 Å². The van der Waals surface area contributed by atoms with E-state index in [1.807, 2.05) is 6.92 Å². The highest BCUT2D eigenvalue weighted by molar-refractivity contribution is 6.76. The van der Waals surface area contributed by atoms with Crippen LogP contribution in [0.25, 0.3) is 0 Å². The first-order valence-electron chi connectivity index (χ1n) is 4.73. The molecule has 2 N–H and O–H groups in total. The minimum Gasteiger partial charge on any atom is -0.391 e. The molecule has 0 aromatic heterocycles. The molecule has 74 valence electrons. The van der Waals surface area contributed by atoms with Crippen LogP contribution in [0.4, 0.5) is 0 Å². The van der Waals surface area contributed by atoms with Crippen LogP contribution in [-0.4, -0.2) is 30.5 Å². The van der Waals surface area contributed by atoms with E-state index in [2.05, 4.69) is 19.6 Å². The number of aliphatic hydroxyl groups is 2. The van der Waals surface area contributed by atoms with Crippen LogP contribution in [0, 0.1) is 0 Å². The summed E-state index contributed by atoms with van der Waals surface area (Å²) in [6.45, 7) is 8.63. The van der Waals surface area contributed by atoms with Crippen molar-refractivity contribution in [1.82, 2.24) is 0 Å². The van der Waals surface area contributed by atoms with Crippen LogP contribution in [0.2, 0.25) is 25.7 Å². The van der Waals surface area contributed by atoms with Crippen LogP contribution in [0.15, 0.2) is 0 Å². The van der Waals surface area contributed by atoms with Crippen molar-refractivity contribution in [3.63, 3.8) is 0 Å². The van der Waals surface area contributed by atoms with Gasteiger partial charge < -0.3 is 10.2 Å². The molecule has 0 fully saturated rings. The maximum absolute atomic E-state index is 9.57. The van der Waals surface area contributed by atoms with Crippen LogP contribution in [0.5, 0.6) is 0 Å². The Morgan fingerprint density at radius 2 is 1.58 bits per heavy atom. The second-order valence-electron chi connectivity index (χ2n) is 4.69. The summed E-state index contributed by atoms with van der Waals surface area (Å²) < 4.78 is 0. The largest absolute Gasteiger partial charge is 0.391 e. The number of aliphatic hydroxyl groups excluding tert-OH is 2. The summed E-state index contributed by atoms with van der Waals surface area (Å²) in [7, 11) is -1.22. The Kier molecular flexibility index (Phi) is 5.05. The fourth-order valence-electron chi connectivity index (χ4n) is 1.25. The van der Waals surface area contributed by atoms with Gasteiger partial charge in [0.15, 0.2) is 0 Å². The van der Waals surface area contributed by atoms with Gasteiger partial charge in [-0.3, -0.25) is 0 Å². The zero-order valence-electron chi connectivity index (χ0n) is 8.67. The SMILES string of the molecule is CCC[C@@H](O)[C@@H](O)C[Si](C)(C)C. The lowest BCUT2D eigenvalue weighted by Gasteiger charge is -2.24. The third kappa shape index (κ3) is 5.74. The Morgan fingerprint density at radius 1 is 1.08 bits per heavy atom. The van der Waals surface area contributed by atoms with Crippen LogP contribution < -0.4 is 0 Å². The summed E-state index contributed by atoms with van der Waals surface area (Å²) >= 11 is 0. The highest BCUT2D eigenvalue weighted by Crippen LogP contribution is 2.15. The molecule has 0 spiro atoms. The molecular weight excluding hydrogens is 168 g/mol. The molecule has 12 heavy (non-hydrogen) atoms. The molecule has 0 radical (unpaired) electrons. The smallest absolute Gasteiger partial charge is 0.0796 e. The molecular formula is C9H22O2Si. The second-order valence-corrected chi connectivity index (χ2v) is 10.2. The van der Waals surface area contributed by atoms with Crippen molar-refractivity contribution in [2.45, 2.75) is 57.7 Å². The standard InChI is InChI=1S/C9H22O2Si/c1-5-6-8(10)9(11)7-12(2,3)4/h8-11H,5-7H2,1-4H3/t8-,9+/m1/s1. The maximum Gasteiger partial charge on any atom is 0.0796 e. The Hall–Kier alpha value is 0.137. The highest BCUT2D eigenvalue weighted by Gasteiger charge is 2.23. The number of hydrogen-bond donors (Lipinski definition) is 2. The molecule has 0 saturated heterocycles. The van der Waals surface area contributed by atoms with Gasteiger partial charge in [0.05, 0.1) is 12.2 Å². The third-order valence-electron chi connectivity index (χ3n) is 1.85. The molecule has 2 atom stereocenters. The van der Waals surface area contributed by atoms with Crippen molar-refractivity contribution in [3.05, 3.63) is 0 Å². The van der Waals surface area contributed by atoms with E-state index in [9.17, 15) is 10.2 Å². The Bertz CT molecular complexity index is 120. The molecule has 0 heterocycles. The van der Waals surface area contributed by atoms with E-state index in [0.29, 0.717) is 6.42 Å². The Balaban J connectivity index is 3.78. The molecule has 2 nitrogen and oxygen atoms in total. The average Bonchev–Trinajstić information content (AvgIpc) is 1.84. The second kappa shape index (κ2) is 4.99. The topological polar surface area (TPSA) is 40.5 Å². The van der Waals surface area contributed by atoms with E-state index in [-0.39, 0.29) is 0 Å². The summed E-state index contributed by atoms with van der Waals surface area (Å²) in [6.07, 6.45) is 0.633. The van der Waals surface area contributed by atoms with Gasteiger partial charge in [0.25, 0.3) is 0 Å².